The van der Waals surface area contributed by atoms with Gasteiger partial charge in [0.15, 0.2) is 0 Å². The molecule has 2 unspecified atom stereocenters. The zero-order valence-corrected chi connectivity index (χ0v) is 6.11. The van der Waals surface area contributed by atoms with Gasteiger partial charge in [-0.25, -0.2) is 0 Å². The van der Waals surface area contributed by atoms with Gasteiger partial charge in [-0.05, 0) is 13.0 Å². The van der Waals surface area contributed by atoms with Gasteiger partial charge >= 0.3 is 0 Å². The van der Waals surface area contributed by atoms with Crippen LogP contribution in [-0.4, -0.2) is 17.2 Å². The molecular weight excluding hydrogens is 130 g/mol. The van der Waals surface area contributed by atoms with Gasteiger partial charge in [-0.15, -0.1) is 0 Å². The molecule has 1 aliphatic rings. The molecule has 1 aliphatic heterocycles. The predicted molar refractivity (Wildman–Crippen MR) is 38.1 cm³/mol. The van der Waals surface area contributed by atoms with Crippen LogP contribution in [0.2, 0.25) is 0 Å². The molecule has 56 valence electrons. The van der Waals surface area contributed by atoms with Crippen LogP contribution < -0.4 is 0 Å². The number of ether oxygens (including phenoxy) is 1. The van der Waals surface area contributed by atoms with Gasteiger partial charge in [0, 0.05) is 0 Å². The van der Waals surface area contributed by atoms with E-state index >= 15 is 0 Å². The molecule has 1 heterocycles. The van der Waals surface area contributed by atoms with Gasteiger partial charge in [-0.3, -0.25) is 0 Å². The third-order valence-electron chi connectivity index (χ3n) is 1.47. The van der Waals surface area contributed by atoms with Crippen LogP contribution >= 0.6 is 0 Å². The first-order valence-electron chi connectivity index (χ1n) is 3.31. The Hall–Kier alpha value is -0.990. The summed E-state index contributed by atoms with van der Waals surface area (Å²) in [4.78, 5) is 0. The quantitative estimate of drug-likeness (QED) is 0.314. The zero-order valence-electron chi connectivity index (χ0n) is 6.11. The normalized spacial score (nSPS) is 36.0. The van der Waals surface area contributed by atoms with Crippen molar-refractivity contribution in [2.45, 2.75) is 20.0 Å². The molecule has 0 saturated heterocycles. The molecule has 3 heteroatoms. The average Bonchev–Trinajstić information content (AvgIpc) is 1.94. The predicted octanol–water partition coefficient (Wildman–Crippen LogP) is 1.39. The van der Waals surface area contributed by atoms with Crippen molar-refractivity contribution in [2.24, 2.45) is 11.1 Å². The molecule has 0 bridgehead atoms. The molecule has 0 amide bonds. The van der Waals surface area contributed by atoms with E-state index in [-0.39, 0.29) is 12.0 Å². The van der Waals surface area contributed by atoms with Crippen LogP contribution in [0.1, 0.15) is 13.8 Å². The average molecular weight is 141 g/mol. The van der Waals surface area contributed by atoms with E-state index in [9.17, 15) is 0 Å². The second kappa shape index (κ2) is 2.73. The monoisotopic (exact) mass is 141 g/mol. The fourth-order valence-corrected chi connectivity index (χ4v) is 0.857. The van der Waals surface area contributed by atoms with E-state index < -0.39 is 0 Å². The Bertz CT molecular complexity index is 174. The lowest BCUT2D eigenvalue weighted by Gasteiger charge is -2.19. The van der Waals surface area contributed by atoms with Gasteiger partial charge in [0.1, 0.15) is 6.10 Å². The molecule has 0 aromatic carbocycles. The van der Waals surface area contributed by atoms with E-state index in [0.29, 0.717) is 5.90 Å². The highest BCUT2D eigenvalue weighted by Gasteiger charge is 2.16. The fourth-order valence-electron chi connectivity index (χ4n) is 0.857. The van der Waals surface area contributed by atoms with Crippen LogP contribution in [0.25, 0.3) is 0 Å². The standard InChI is InChI=1S/C7H11NO2/c1-5-3-4-6(2)10-7(5)8-9/h3-6,9H,1-2H3/b8-7+. The molecule has 0 aromatic rings. The summed E-state index contributed by atoms with van der Waals surface area (Å²) in [5.41, 5.74) is 0. The van der Waals surface area contributed by atoms with Crippen molar-refractivity contribution in [3.8, 4) is 0 Å². The number of hydrogen-bond acceptors (Lipinski definition) is 3. The molecule has 2 atom stereocenters. The van der Waals surface area contributed by atoms with Crippen LogP contribution in [0, 0.1) is 5.92 Å². The first kappa shape index (κ1) is 7.12. The van der Waals surface area contributed by atoms with Gasteiger partial charge in [-0.2, -0.15) is 0 Å². The third-order valence-corrected chi connectivity index (χ3v) is 1.47. The van der Waals surface area contributed by atoms with Gasteiger partial charge in [-0.1, -0.05) is 18.2 Å². The van der Waals surface area contributed by atoms with Crippen molar-refractivity contribution in [2.75, 3.05) is 0 Å². The third kappa shape index (κ3) is 1.29. The molecule has 0 spiro atoms. The van der Waals surface area contributed by atoms with E-state index in [1.165, 1.54) is 0 Å². The van der Waals surface area contributed by atoms with Crippen LogP contribution in [0.3, 0.4) is 0 Å². The van der Waals surface area contributed by atoms with Crippen LogP contribution in [0.15, 0.2) is 17.3 Å². The topological polar surface area (TPSA) is 41.8 Å². The van der Waals surface area contributed by atoms with Crippen molar-refractivity contribution < 1.29 is 9.94 Å². The molecule has 10 heavy (non-hydrogen) atoms. The van der Waals surface area contributed by atoms with E-state index in [4.69, 9.17) is 9.94 Å². The summed E-state index contributed by atoms with van der Waals surface area (Å²) in [7, 11) is 0. The minimum atomic E-state index is 0.0297. The van der Waals surface area contributed by atoms with Crippen molar-refractivity contribution >= 4 is 5.90 Å². The maximum absolute atomic E-state index is 8.41. The largest absolute Gasteiger partial charge is 0.471 e. The van der Waals surface area contributed by atoms with Gasteiger partial charge in [0.2, 0.25) is 5.90 Å². The first-order chi connectivity index (χ1) is 4.74. The molecule has 1 rings (SSSR count). The van der Waals surface area contributed by atoms with Gasteiger partial charge < -0.3 is 9.94 Å². The summed E-state index contributed by atoms with van der Waals surface area (Å²) in [6.45, 7) is 3.81. The Labute approximate surface area is 60.0 Å². The molecule has 0 aromatic heterocycles. The minimum absolute atomic E-state index is 0.0297. The second-order valence-corrected chi connectivity index (χ2v) is 2.43. The van der Waals surface area contributed by atoms with E-state index in [0.717, 1.165) is 0 Å². The lowest BCUT2D eigenvalue weighted by molar-refractivity contribution is 0.204. The molecule has 3 nitrogen and oxygen atoms in total. The lowest BCUT2D eigenvalue weighted by Crippen LogP contribution is -2.23. The zero-order chi connectivity index (χ0) is 7.56. The highest BCUT2D eigenvalue weighted by Crippen LogP contribution is 2.12. The summed E-state index contributed by atoms with van der Waals surface area (Å²) in [6.07, 6.45) is 3.94. The molecule has 0 radical (unpaired) electrons. The van der Waals surface area contributed by atoms with E-state index in [2.05, 4.69) is 5.16 Å². The molecule has 1 N–H and O–H groups in total. The van der Waals surface area contributed by atoms with Crippen molar-refractivity contribution in [1.82, 2.24) is 0 Å². The number of nitrogens with zero attached hydrogens (tertiary/aromatic N) is 1. The SMILES string of the molecule is CC1C=CC(C)/C(=N\O)O1. The molecule has 0 saturated carbocycles. The van der Waals surface area contributed by atoms with Gasteiger partial charge in [0.25, 0.3) is 0 Å². The van der Waals surface area contributed by atoms with E-state index in [1.807, 2.05) is 26.0 Å². The number of hydrogen-bond donors (Lipinski definition) is 1. The highest BCUT2D eigenvalue weighted by atomic mass is 16.5. The van der Waals surface area contributed by atoms with E-state index in [1.54, 1.807) is 0 Å². The Morgan fingerprint density at radius 1 is 1.50 bits per heavy atom. The summed E-state index contributed by atoms with van der Waals surface area (Å²) in [6, 6.07) is 0. The van der Waals surface area contributed by atoms with Crippen molar-refractivity contribution in [3.05, 3.63) is 12.2 Å². The van der Waals surface area contributed by atoms with Crippen molar-refractivity contribution in [3.63, 3.8) is 0 Å². The smallest absolute Gasteiger partial charge is 0.232 e. The lowest BCUT2D eigenvalue weighted by atomic mass is 10.1. The molecular formula is C7H11NO2. The van der Waals surface area contributed by atoms with Crippen LogP contribution in [-0.2, 0) is 4.74 Å². The first-order valence-corrected chi connectivity index (χ1v) is 3.31. The minimum Gasteiger partial charge on any atom is -0.471 e. The summed E-state index contributed by atoms with van der Waals surface area (Å²) in [5, 5.41) is 11.4. The Morgan fingerprint density at radius 3 is 2.70 bits per heavy atom. The Kier molecular flexibility index (Phi) is 1.94. The highest BCUT2D eigenvalue weighted by molar-refractivity contribution is 5.80. The Morgan fingerprint density at radius 2 is 2.20 bits per heavy atom. The summed E-state index contributed by atoms with van der Waals surface area (Å²) < 4.78 is 5.16. The van der Waals surface area contributed by atoms with Crippen LogP contribution in [0.5, 0.6) is 0 Å². The number of rotatable bonds is 0. The fraction of sp³-hybridized carbons (Fsp3) is 0.571. The molecule has 0 fully saturated rings. The van der Waals surface area contributed by atoms with Gasteiger partial charge in [0.05, 0.1) is 5.92 Å². The number of oxime groups is 1. The van der Waals surface area contributed by atoms with Crippen LogP contribution in [0.4, 0.5) is 0 Å². The maximum Gasteiger partial charge on any atom is 0.232 e. The van der Waals surface area contributed by atoms with Crippen molar-refractivity contribution in [1.29, 1.82) is 0 Å². The second-order valence-electron chi connectivity index (χ2n) is 2.43. The Balaban J connectivity index is 2.72. The maximum atomic E-state index is 8.41. The summed E-state index contributed by atoms with van der Waals surface area (Å²) >= 11 is 0. The molecule has 0 aliphatic carbocycles. The summed E-state index contributed by atoms with van der Waals surface area (Å²) in [5.74, 6) is 0.496.